The largest absolute Gasteiger partial charge is 1.00 e. The van der Waals surface area contributed by atoms with Gasteiger partial charge < -0.3 is 25.8 Å². The Morgan fingerprint density at radius 2 is 1.66 bits per heavy atom. The van der Waals surface area contributed by atoms with Crippen molar-refractivity contribution in [2.24, 2.45) is 0 Å². The zero-order valence-corrected chi connectivity index (χ0v) is 26.7. The van der Waals surface area contributed by atoms with E-state index in [1.54, 1.807) is 55.1 Å². The van der Waals surface area contributed by atoms with Gasteiger partial charge in [0.15, 0.2) is 5.69 Å². The van der Waals surface area contributed by atoms with Crippen LogP contribution in [-0.2, 0) is 0 Å². The van der Waals surface area contributed by atoms with Crippen LogP contribution in [0, 0.1) is 0 Å². The monoisotopic (exact) mass is 548 g/mol. The number of methoxy groups -OCH3 is 2. The number of rotatable bonds is 11. The summed E-state index contributed by atoms with van der Waals surface area (Å²) in [6, 6.07) is 12.3. The number of carbonyl (C=O) groups is 2. The number of aromatic nitrogens is 2. The Hall–Kier alpha value is -2.21. The Balaban J connectivity index is 0.00000380. The molecule has 1 heterocycles. The first-order valence-electron chi connectivity index (χ1n) is 12.2. The summed E-state index contributed by atoms with van der Waals surface area (Å²) in [6.07, 6.45) is 0.875. The van der Waals surface area contributed by atoms with Crippen LogP contribution in [0.5, 0.6) is 11.5 Å². The van der Waals surface area contributed by atoms with Crippen LogP contribution in [0.4, 0.5) is 0 Å². The normalized spacial score (nSPS) is 10.9. The zero-order chi connectivity index (χ0) is 27.3. The SMILES string of the molecule is COc1cccc(OC)c1-c1cc(C(=O)O)nn1-c1ccc(C(=O)N(C)CCCN(C)C)cc1C(C)C.[H-].[K+]. The van der Waals surface area contributed by atoms with Crippen LogP contribution >= 0.6 is 0 Å². The first-order valence-corrected chi connectivity index (χ1v) is 12.2. The second-order valence-electron chi connectivity index (χ2n) is 9.48. The molecular weight excluding hydrogens is 511 g/mol. The van der Waals surface area contributed by atoms with Crippen LogP contribution in [0.15, 0.2) is 42.5 Å². The van der Waals surface area contributed by atoms with Gasteiger partial charge in [0, 0.05) is 19.2 Å². The van der Waals surface area contributed by atoms with E-state index in [0.717, 1.165) is 18.5 Å². The maximum Gasteiger partial charge on any atom is 1.00 e. The minimum Gasteiger partial charge on any atom is -1.00 e. The van der Waals surface area contributed by atoms with Gasteiger partial charge in [0.1, 0.15) is 11.5 Å². The molecule has 0 unspecified atom stereocenters. The van der Waals surface area contributed by atoms with Crippen molar-refractivity contribution in [1.29, 1.82) is 0 Å². The molecule has 0 radical (unpaired) electrons. The molecule has 0 saturated carbocycles. The Kier molecular flexibility index (Phi) is 12.0. The number of amides is 1. The number of hydrogen-bond donors (Lipinski definition) is 1. The molecule has 10 heteroatoms. The summed E-state index contributed by atoms with van der Waals surface area (Å²) >= 11 is 0. The van der Waals surface area contributed by atoms with E-state index in [9.17, 15) is 14.7 Å². The van der Waals surface area contributed by atoms with Crippen LogP contribution in [-0.4, -0.2) is 85.0 Å². The fraction of sp³-hybridized carbons (Fsp3) is 0.393. The summed E-state index contributed by atoms with van der Waals surface area (Å²) in [7, 11) is 8.92. The zero-order valence-electron chi connectivity index (χ0n) is 24.6. The average Bonchev–Trinajstić information content (AvgIpc) is 3.32. The van der Waals surface area contributed by atoms with Crippen LogP contribution in [0.25, 0.3) is 16.9 Å². The van der Waals surface area contributed by atoms with Crippen molar-refractivity contribution in [3.05, 3.63) is 59.3 Å². The van der Waals surface area contributed by atoms with Gasteiger partial charge in [-0.2, -0.15) is 5.10 Å². The van der Waals surface area contributed by atoms with Crippen molar-refractivity contribution in [3.63, 3.8) is 0 Å². The molecule has 38 heavy (non-hydrogen) atoms. The van der Waals surface area contributed by atoms with Crippen LogP contribution in [0.2, 0.25) is 0 Å². The number of carbonyl (C=O) groups excluding carboxylic acids is 1. The molecule has 0 aliphatic carbocycles. The predicted molar refractivity (Wildman–Crippen MR) is 144 cm³/mol. The molecule has 0 atom stereocenters. The summed E-state index contributed by atoms with van der Waals surface area (Å²) in [5.74, 6) is -0.132. The molecule has 0 fully saturated rings. The predicted octanol–water partition coefficient (Wildman–Crippen LogP) is 1.52. The molecule has 0 aliphatic heterocycles. The number of carboxylic acid groups (broad SMARTS) is 1. The van der Waals surface area contributed by atoms with Gasteiger partial charge in [0.25, 0.3) is 5.91 Å². The number of ether oxygens (including phenoxy) is 2. The summed E-state index contributed by atoms with van der Waals surface area (Å²) in [4.78, 5) is 28.9. The maximum atomic E-state index is 13.2. The van der Waals surface area contributed by atoms with Gasteiger partial charge in [-0.1, -0.05) is 19.9 Å². The first kappa shape index (κ1) is 32.0. The van der Waals surface area contributed by atoms with Gasteiger partial charge in [-0.15, -0.1) is 0 Å². The molecule has 3 rings (SSSR count). The number of hydrogen-bond acceptors (Lipinski definition) is 6. The summed E-state index contributed by atoms with van der Waals surface area (Å²) in [5, 5.41) is 14.2. The van der Waals surface area contributed by atoms with Crippen molar-refractivity contribution in [2.45, 2.75) is 26.2 Å². The third kappa shape index (κ3) is 7.25. The van der Waals surface area contributed by atoms with E-state index in [1.807, 2.05) is 40.1 Å². The number of nitrogens with zero attached hydrogens (tertiary/aromatic N) is 4. The van der Waals surface area contributed by atoms with E-state index in [4.69, 9.17) is 9.47 Å². The molecule has 0 spiro atoms. The van der Waals surface area contributed by atoms with E-state index < -0.39 is 5.97 Å². The van der Waals surface area contributed by atoms with Gasteiger partial charge in [-0.3, -0.25) is 4.79 Å². The summed E-state index contributed by atoms with van der Waals surface area (Å²) < 4.78 is 12.8. The van der Waals surface area contributed by atoms with Crippen molar-refractivity contribution >= 4 is 11.9 Å². The fourth-order valence-corrected chi connectivity index (χ4v) is 4.24. The third-order valence-electron chi connectivity index (χ3n) is 6.18. The molecule has 9 nitrogen and oxygen atoms in total. The summed E-state index contributed by atoms with van der Waals surface area (Å²) in [5.41, 5.74) is 3.09. The van der Waals surface area contributed by atoms with Crippen molar-refractivity contribution in [3.8, 4) is 28.4 Å². The molecule has 0 bridgehead atoms. The van der Waals surface area contributed by atoms with Crippen molar-refractivity contribution in [1.82, 2.24) is 19.6 Å². The molecule has 2 aromatic carbocycles. The number of carboxylic acids is 1. The first-order chi connectivity index (χ1) is 17.6. The molecule has 1 N–H and O–H groups in total. The van der Waals surface area contributed by atoms with E-state index in [2.05, 4.69) is 10.00 Å². The van der Waals surface area contributed by atoms with Gasteiger partial charge in [0.2, 0.25) is 0 Å². The van der Waals surface area contributed by atoms with E-state index in [0.29, 0.717) is 40.6 Å². The molecule has 200 valence electrons. The quantitative estimate of drug-likeness (QED) is 0.363. The molecule has 3 aromatic rings. The second kappa shape index (κ2) is 14.3. The Morgan fingerprint density at radius 3 is 2.18 bits per heavy atom. The van der Waals surface area contributed by atoms with Gasteiger partial charge >= 0.3 is 57.4 Å². The van der Waals surface area contributed by atoms with Gasteiger partial charge in [-0.25, -0.2) is 9.48 Å². The second-order valence-corrected chi connectivity index (χ2v) is 9.48. The fourth-order valence-electron chi connectivity index (χ4n) is 4.24. The smallest absolute Gasteiger partial charge is 1.00 e. The molecule has 0 saturated heterocycles. The number of benzene rings is 2. The van der Waals surface area contributed by atoms with E-state index in [-0.39, 0.29) is 70.3 Å². The molecule has 1 aromatic heterocycles. The average molecular weight is 549 g/mol. The standard InChI is InChI=1S/C28H36N4O5.K.H/c1-18(2)20-16-19(27(33)31(5)15-9-14-30(3)4)12-13-22(20)32-23(17-21(29-32)28(34)35)26-24(36-6)10-8-11-25(26)37-7;;/h8,10-13,16-18H,9,14-15H2,1-7H3,(H,34,35);;/q;+1;-1. The van der Waals surface area contributed by atoms with Crippen molar-refractivity contribution in [2.75, 3.05) is 48.5 Å². The minimum atomic E-state index is -1.15. The summed E-state index contributed by atoms with van der Waals surface area (Å²) in [6.45, 7) is 5.60. The van der Waals surface area contributed by atoms with Crippen molar-refractivity contribution < 1.29 is 77.0 Å². The number of aromatic carboxylic acids is 1. The third-order valence-corrected chi connectivity index (χ3v) is 6.18. The Bertz CT molecular complexity index is 1260. The van der Waals surface area contributed by atoms with Crippen LogP contribution in [0.1, 0.15) is 54.0 Å². The Labute approximate surface area is 268 Å². The van der Waals surface area contributed by atoms with E-state index in [1.165, 1.54) is 6.07 Å². The topological polar surface area (TPSA) is 97.1 Å². The van der Waals surface area contributed by atoms with Gasteiger partial charge in [-0.05, 0) is 74.9 Å². The minimum absolute atomic E-state index is 0. The van der Waals surface area contributed by atoms with Gasteiger partial charge in [0.05, 0.1) is 31.2 Å². The molecule has 0 aliphatic rings. The molecular formula is C28H37KN4O5. The van der Waals surface area contributed by atoms with E-state index >= 15 is 0 Å². The molecule has 1 amide bonds. The van der Waals surface area contributed by atoms with Crippen LogP contribution in [0.3, 0.4) is 0 Å². The Morgan fingerprint density at radius 1 is 1.03 bits per heavy atom. The maximum absolute atomic E-state index is 13.2. The van der Waals surface area contributed by atoms with Crippen LogP contribution < -0.4 is 60.9 Å².